The summed E-state index contributed by atoms with van der Waals surface area (Å²) in [5, 5.41) is 2.35. The Morgan fingerprint density at radius 2 is 1.74 bits per heavy atom. The molecule has 1 saturated heterocycles. The van der Waals surface area contributed by atoms with E-state index in [1.807, 2.05) is 29.2 Å². The molecule has 1 fully saturated rings. The van der Waals surface area contributed by atoms with Crippen LogP contribution in [-0.2, 0) is 6.54 Å². The summed E-state index contributed by atoms with van der Waals surface area (Å²) in [6.45, 7) is 5.04. The first-order chi connectivity index (χ1) is 16.7. The normalized spacial score (nSPS) is 17.7. The molecule has 1 unspecified atom stereocenters. The molecule has 1 atom stereocenters. The Hall–Kier alpha value is -2.96. The third-order valence-corrected chi connectivity index (χ3v) is 6.98. The summed E-state index contributed by atoms with van der Waals surface area (Å²) in [5.74, 6) is 2.77. The SMILES string of the molecule is COc1cc2c(cc1OC)C(=O)N(CC1CCCN(CCOc3cccc4ccccc34)C1)C2.Cl. The van der Waals surface area contributed by atoms with Gasteiger partial charge in [0.1, 0.15) is 12.4 Å². The first kappa shape index (κ1) is 25.1. The number of piperidine rings is 1. The van der Waals surface area contributed by atoms with Gasteiger partial charge in [-0.2, -0.15) is 0 Å². The van der Waals surface area contributed by atoms with Crippen LogP contribution < -0.4 is 14.2 Å². The molecule has 35 heavy (non-hydrogen) atoms. The maximum Gasteiger partial charge on any atom is 0.254 e. The van der Waals surface area contributed by atoms with Crippen molar-refractivity contribution in [3.05, 3.63) is 65.7 Å². The summed E-state index contributed by atoms with van der Waals surface area (Å²) in [7, 11) is 3.22. The molecule has 186 valence electrons. The molecule has 3 aromatic rings. The molecule has 2 aliphatic rings. The number of benzene rings is 3. The Bertz CT molecular complexity index is 1180. The summed E-state index contributed by atoms with van der Waals surface area (Å²) in [6, 6.07) is 18.3. The van der Waals surface area contributed by atoms with E-state index in [9.17, 15) is 4.79 Å². The van der Waals surface area contributed by atoms with Crippen LogP contribution in [0.1, 0.15) is 28.8 Å². The average Bonchev–Trinajstić information content (AvgIpc) is 3.17. The van der Waals surface area contributed by atoms with E-state index in [-0.39, 0.29) is 18.3 Å². The van der Waals surface area contributed by atoms with Crippen LogP contribution in [0.15, 0.2) is 54.6 Å². The number of halogens is 1. The van der Waals surface area contributed by atoms with Gasteiger partial charge in [0.15, 0.2) is 11.5 Å². The quantitative estimate of drug-likeness (QED) is 0.438. The van der Waals surface area contributed by atoms with Gasteiger partial charge in [0.05, 0.1) is 14.2 Å². The number of carbonyl (C=O) groups is 1. The van der Waals surface area contributed by atoms with Crippen LogP contribution in [0, 0.1) is 5.92 Å². The van der Waals surface area contributed by atoms with E-state index >= 15 is 0 Å². The number of nitrogens with zero attached hydrogens (tertiary/aromatic N) is 2. The van der Waals surface area contributed by atoms with Crippen LogP contribution >= 0.6 is 12.4 Å². The second kappa shape index (κ2) is 11.2. The number of amides is 1. The molecule has 6 nitrogen and oxygen atoms in total. The lowest BCUT2D eigenvalue weighted by Crippen LogP contribution is -2.42. The van der Waals surface area contributed by atoms with Gasteiger partial charge in [0.2, 0.25) is 0 Å². The molecule has 0 N–H and O–H groups in total. The molecule has 0 aliphatic carbocycles. The van der Waals surface area contributed by atoms with Crippen molar-refractivity contribution in [3.8, 4) is 17.2 Å². The monoisotopic (exact) mass is 496 g/mol. The molecule has 2 heterocycles. The van der Waals surface area contributed by atoms with Gasteiger partial charge < -0.3 is 19.1 Å². The third kappa shape index (κ3) is 5.34. The van der Waals surface area contributed by atoms with Crippen LogP contribution in [-0.4, -0.2) is 62.7 Å². The van der Waals surface area contributed by atoms with Crippen molar-refractivity contribution in [3.63, 3.8) is 0 Å². The maximum atomic E-state index is 13.1. The van der Waals surface area contributed by atoms with Crippen LogP contribution in [0.2, 0.25) is 0 Å². The molecule has 0 saturated carbocycles. The second-order valence-electron chi connectivity index (χ2n) is 9.18. The Morgan fingerprint density at radius 1 is 0.971 bits per heavy atom. The number of fused-ring (bicyclic) bond motifs is 2. The number of ether oxygens (including phenoxy) is 3. The van der Waals surface area contributed by atoms with E-state index in [1.165, 1.54) is 5.39 Å². The zero-order chi connectivity index (χ0) is 23.5. The lowest BCUT2D eigenvalue weighted by molar-refractivity contribution is 0.0692. The van der Waals surface area contributed by atoms with Gasteiger partial charge in [-0.25, -0.2) is 0 Å². The second-order valence-corrected chi connectivity index (χ2v) is 9.18. The number of hydrogen-bond acceptors (Lipinski definition) is 5. The first-order valence-electron chi connectivity index (χ1n) is 12.0. The van der Waals surface area contributed by atoms with Crippen LogP contribution in [0.5, 0.6) is 17.2 Å². The summed E-state index contributed by atoms with van der Waals surface area (Å²) >= 11 is 0. The lowest BCUT2D eigenvalue weighted by Gasteiger charge is -2.34. The largest absolute Gasteiger partial charge is 0.493 e. The van der Waals surface area contributed by atoms with E-state index in [2.05, 4.69) is 35.2 Å². The van der Waals surface area contributed by atoms with E-state index in [4.69, 9.17) is 14.2 Å². The van der Waals surface area contributed by atoms with Gasteiger partial charge in [-0.1, -0.05) is 36.4 Å². The van der Waals surface area contributed by atoms with E-state index in [0.717, 1.165) is 61.3 Å². The highest BCUT2D eigenvalue weighted by Gasteiger charge is 2.32. The molecule has 5 rings (SSSR count). The molecular weight excluding hydrogens is 464 g/mol. The highest BCUT2D eigenvalue weighted by atomic mass is 35.5. The van der Waals surface area contributed by atoms with Crippen molar-refractivity contribution in [2.24, 2.45) is 5.92 Å². The Morgan fingerprint density at radius 3 is 2.57 bits per heavy atom. The molecular formula is C28H33ClN2O4. The van der Waals surface area contributed by atoms with Gasteiger partial charge in [-0.3, -0.25) is 9.69 Å². The Labute approximate surface area is 213 Å². The topological polar surface area (TPSA) is 51.2 Å². The molecule has 0 radical (unpaired) electrons. The summed E-state index contributed by atoms with van der Waals surface area (Å²) < 4.78 is 17.0. The van der Waals surface area contributed by atoms with Gasteiger partial charge in [0.25, 0.3) is 5.91 Å². The fourth-order valence-electron chi connectivity index (χ4n) is 5.27. The zero-order valence-corrected chi connectivity index (χ0v) is 21.2. The molecule has 3 aromatic carbocycles. The minimum absolute atomic E-state index is 0. The van der Waals surface area contributed by atoms with Gasteiger partial charge in [0, 0.05) is 37.1 Å². The standard InChI is InChI=1S/C28H32N2O4.ClH/c1-32-26-15-22-19-30(28(31)24(22)16-27(26)33-2)18-20-7-6-12-29(17-20)13-14-34-25-11-5-9-21-8-3-4-10-23(21)25;/h3-5,8-11,15-16,20H,6-7,12-14,17-19H2,1-2H3;1H. The van der Waals surface area contributed by atoms with Crippen molar-refractivity contribution in [1.29, 1.82) is 0 Å². The van der Waals surface area contributed by atoms with Crippen molar-refractivity contribution in [1.82, 2.24) is 9.80 Å². The number of likely N-dealkylation sites (tertiary alicyclic amines) is 1. The fourth-order valence-corrected chi connectivity index (χ4v) is 5.27. The van der Waals surface area contributed by atoms with E-state index < -0.39 is 0 Å². The van der Waals surface area contributed by atoms with E-state index in [1.54, 1.807) is 14.2 Å². The molecule has 0 bridgehead atoms. The van der Waals surface area contributed by atoms with Crippen molar-refractivity contribution < 1.29 is 19.0 Å². The average molecular weight is 497 g/mol. The number of methoxy groups -OCH3 is 2. The van der Waals surface area contributed by atoms with Crippen LogP contribution in [0.25, 0.3) is 10.8 Å². The number of carbonyl (C=O) groups excluding carboxylic acids is 1. The third-order valence-electron chi connectivity index (χ3n) is 6.98. The van der Waals surface area contributed by atoms with Crippen molar-refractivity contribution in [2.45, 2.75) is 19.4 Å². The fraction of sp³-hybridized carbons (Fsp3) is 0.393. The molecule has 0 spiro atoms. The summed E-state index contributed by atoms with van der Waals surface area (Å²) in [5.41, 5.74) is 1.74. The summed E-state index contributed by atoms with van der Waals surface area (Å²) in [4.78, 5) is 17.5. The van der Waals surface area contributed by atoms with Gasteiger partial charge in [-0.15, -0.1) is 12.4 Å². The van der Waals surface area contributed by atoms with Crippen LogP contribution in [0.3, 0.4) is 0 Å². The molecule has 1 amide bonds. The first-order valence-corrected chi connectivity index (χ1v) is 12.0. The smallest absolute Gasteiger partial charge is 0.254 e. The minimum Gasteiger partial charge on any atom is -0.493 e. The predicted molar refractivity (Wildman–Crippen MR) is 140 cm³/mol. The highest BCUT2D eigenvalue weighted by molar-refractivity contribution is 5.99. The van der Waals surface area contributed by atoms with Crippen LogP contribution in [0.4, 0.5) is 0 Å². The number of hydrogen-bond donors (Lipinski definition) is 0. The van der Waals surface area contributed by atoms with E-state index in [0.29, 0.717) is 30.6 Å². The number of rotatable bonds is 8. The van der Waals surface area contributed by atoms with Gasteiger partial charge in [-0.05, 0) is 54.5 Å². The predicted octanol–water partition coefficient (Wildman–Crippen LogP) is 5.03. The highest BCUT2D eigenvalue weighted by Crippen LogP contribution is 2.35. The molecule has 2 aliphatic heterocycles. The van der Waals surface area contributed by atoms with Crippen molar-refractivity contribution in [2.75, 3.05) is 47.0 Å². The zero-order valence-electron chi connectivity index (χ0n) is 20.4. The Balaban J connectivity index is 0.00000289. The lowest BCUT2D eigenvalue weighted by atomic mass is 9.97. The van der Waals surface area contributed by atoms with Gasteiger partial charge >= 0.3 is 0 Å². The molecule has 7 heteroatoms. The minimum atomic E-state index is 0. The van der Waals surface area contributed by atoms with Crippen molar-refractivity contribution >= 4 is 29.1 Å². The maximum absolute atomic E-state index is 13.1. The Kier molecular flexibility index (Phi) is 8.04. The molecule has 0 aromatic heterocycles. The summed E-state index contributed by atoms with van der Waals surface area (Å²) in [6.07, 6.45) is 2.29.